The Balaban J connectivity index is 1.80. The summed E-state index contributed by atoms with van der Waals surface area (Å²) in [4.78, 5) is 13.6. The largest absolute Gasteiger partial charge is 0.444 e. The summed E-state index contributed by atoms with van der Waals surface area (Å²) in [6.07, 6.45) is 1.67. The van der Waals surface area contributed by atoms with Gasteiger partial charge in [-0.05, 0) is 34.6 Å². The fourth-order valence-corrected chi connectivity index (χ4v) is 2.44. The lowest BCUT2D eigenvalue weighted by Gasteiger charge is -2.41. The van der Waals surface area contributed by atoms with Crippen LogP contribution in [0.2, 0.25) is 0 Å². The number of hydrogen-bond donors (Lipinski definition) is 1. The molecule has 2 rings (SSSR count). The number of nitrogens with zero attached hydrogens (tertiary/aromatic N) is 3. The number of ether oxygens (including phenoxy) is 1. The SMILES string of the molecule is Cc1c(C(C)NC2CN(C(=O)OC(C)(C)C)C2)cnn1C. The van der Waals surface area contributed by atoms with Gasteiger partial charge in [0.15, 0.2) is 0 Å². The highest BCUT2D eigenvalue weighted by Gasteiger charge is 2.34. The first-order chi connectivity index (χ1) is 9.67. The number of amides is 1. The standard InChI is InChI=1S/C15H26N4O2/c1-10(13-7-16-18(6)11(13)2)17-12-8-19(9-12)14(20)21-15(3,4)5/h7,10,12,17H,8-9H2,1-6H3. The lowest BCUT2D eigenvalue weighted by molar-refractivity contribution is 0.00433. The summed E-state index contributed by atoms with van der Waals surface area (Å²) >= 11 is 0. The molecule has 1 unspecified atom stereocenters. The second-order valence-corrected chi connectivity index (χ2v) is 6.78. The van der Waals surface area contributed by atoms with Crippen molar-refractivity contribution in [3.05, 3.63) is 17.5 Å². The zero-order valence-corrected chi connectivity index (χ0v) is 13.8. The molecule has 1 atom stereocenters. The fourth-order valence-electron chi connectivity index (χ4n) is 2.44. The van der Waals surface area contributed by atoms with Crippen LogP contribution < -0.4 is 5.32 Å². The Morgan fingerprint density at radius 2 is 2.10 bits per heavy atom. The van der Waals surface area contributed by atoms with Crippen molar-refractivity contribution < 1.29 is 9.53 Å². The average molecular weight is 294 g/mol. The normalized spacial score (nSPS) is 17.5. The molecule has 0 spiro atoms. The summed E-state index contributed by atoms with van der Waals surface area (Å²) in [5.74, 6) is 0. The molecule has 1 amide bonds. The monoisotopic (exact) mass is 294 g/mol. The zero-order chi connectivity index (χ0) is 15.8. The molecular weight excluding hydrogens is 268 g/mol. The summed E-state index contributed by atoms with van der Waals surface area (Å²) in [5, 5.41) is 7.80. The number of likely N-dealkylation sites (tertiary alicyclic amines) is 1. The summed E-state index contributed by atoms with van der Waals surface area (Å²) < 4.78 is 7.22. The molecule has 1 aromatic rings. The highest BCUT2D eigenvalue weighted by atomic mass is 16.6. The number of carbonyl (C=O) groups is 1. The molecule has 2 heterocycles. The van der Waals surface area contributed by atoms with Crippen LogP contribution in [0.1, 0.15) is 45.0 Å². The Morgan fingerprint density at radius 3 is 2.57 bits per heavy atom. The molecule has 1 aliphatic heterocycles. The quantitative estimate of drug-likeness (QED) is 0.926. The summed E-state index contributed by atoms with van der Waals surface area (Å²) in [6, 6.07) is 0.539. The molecule has 6 heteroatoms. The van der Waals surface area contributed by atoms with Gasteiger partial charge in [-0.3, -0.25) is 4.68 Å². The van der Waals surface area contributed by atoms with Gasteiger partial charge in [-0.1, -0.05) is 0 Å². The van der Waals surface area contributed by atoms with Crippen LogP contribution in [-0.4, -0.2) is 45.5 Å². The third-order valence-corrected chi connectivity index (χ3v) is 3.76. The van der Waals surface area contributed by atoms with E-state index in [2.05, 4.69) is 24.3 Å². The van der Waals surface area contributed by atoms with Gasteiger partial charge in [-0.15, -0.1) is 0 Å². The summed E-state index contributed by atoms with van der Waals surface area (Å²) in [5.41, 5.74) is 1.93. The minimum atomic E-state index is -0.435. The van der Waals surface area contributed by atoms with Crippen LogP contribution >= 0.6 is 0 Å². The van der Waals surface area contributed by atoms with Crippen molar-refractivity contribution in [1.29, 1.82) is 0 Å². The maximum atomic E-state index is 11.9. The number of carbonyl (C=O) groups excluding carboxylic acids is 1. The van der Waals surface area contributed by atoms with Crippen LogP contribution in [0.5, 0.6) is 0 Å². The highest BCUT2D eigenvalue weighted by Crippen LogP contribution is 2.20. The topological polar surface area (TPSA) is 59.4 Å². The second-order valence-electron chi connectivity index (χ2n) is 6.78. The molecule has 6 nitrogen and oxygen atoms in total. The van der Waals surface area contributed by atoms with Crippen molar-refractivity contribution >= 4 is 6.09 Å². The van der Waals surface area contributed by atoms with E-state index >= 15 is 0 Å². The molecule has 1 aliphatic rings. The fraction of sp³-hybridized carbons (Fsp3) is 0.733. The van der Waals surface area contributed by atoms with E-state index in [0.717, 1.165) is 0 Å². The van der Waals surface area contributed by atoms with Gasteiger partial charge in [0.1, 0.15) is 5.60 Å². The van der Waals surface area contributed by atoms with Gasteiger partial charge in [0.05, 0.1) is 6.20 Å². The number of aryl methyl sites for hydroxylation is 1. The smallest absolute Gasteiger partial charge is 0.410 e. The Bertz CT molecular complexity index is 512. The molecule has 0 aliphatic carbocycles. The molecule has 1 saturated heterocycles. The first kappa shape index (κ1) is 15.8. The molecule has 21 heavy (non-hydrogen) atoms. The van der Waals surface area contributed by atoms with Gasteiger partial charge >= 0.3 is 6.09 Å². The summed E-state index contributed by atoms with van der Waals surface area (Å²) in [6.45, 7) is 11.2. The van der Waals surface area contributed by atoms with Crippen molar-refractivity contribution in [2.24, 2.45) is 7.05 Å². The van der Waals surface area contributed by atoms with Crippen molar-refractivity contribution in [3.8, 4) is 0 Å². The first-order valence-corrected chi connectivity index (χ1v) is 7.40. The van der Waals surface area contributed by atoms with Crippen LogP contribution in [0.15, 0.2) is 6.20 Å². The minimum Gasteiger partial charge on any atom is -0.444 e. The van der Waals surface area contributed by atoms with Crippen molar-refractivity contribution in [2.45, 2.75) is 52.3 Å². The van der Waals surface area contributed by atoms with Gasteiger partial charge in [-0.2, -0.15) is 5.10 Å². The predicted octanol–water partition coefficient (Wildman–Crippen LogP) is 2.00. The van der Waals surface area contributed by atoms with E-state index < -0.39 is 5.60 Å². The molecule has 0 radical (unpaired) electrons. The molecule has 118 valence electrons. The molecule has 0 bridgehead atoms. The maximum Gasteiger partial charge on any atom is 0.410 e. The van der Waals surface area contributed by atoms with E-state index in [4.69, 9.17) is 4.74 Å². The van der Waals surface area contributed by atoms with Crippen LogP contribution in [-0.2, 0) is 11.8 Å². The molecule has 1 N–H and O–H groups in total. The van der Waals surface area contributed by atoms with E-state index in [1.165, 1.54) is 11.3 Å². The third-order valence-electron chi connectivity index (χ3n) is 3.76. The van der Waals surface area contributed by atoms with Crippen LogP contribution in [0.3, 0.4) is 0 Å². The average Bonchev–Trinajstić information content (AvgIpc) is 2.61. The van der Waals surface area contributed by atoms with Crippen LogP contribution in [0.25, 0.3) is 0 Å². The number of rotatable bonds is 3. The Kier molecular flexibility index (Phi) is 4.27. The number of hydrogen-bond acceptors (Lipinski definition) is 4. The van der Waals surface area contributed by atoms with Crippen molar-refractivity contribution in [2.75, 3.05) is 13.1 Å². The van der Waals surface area contributed by atoms with Gasteiger partial charge in [0.25, 0.3) is 0 Å². The van der Waals surface area contributed by atoms with E-state index in [9.17, 15) is 4.79 Å². The molecule has 0 saturated carbocycles. The number of nitrogens with one attached hydrogen (secondary N) is 1. The van der Waals surface area contributed by atoms with Gasteiger partial charge in [0.2, 0.25) is 0 Å². The minimum absolute atomic E-state index is 0.226. The number of aromatic nitrogens is 2. The third kappa shape index (κ3) is 3.75. The predicted molar refractivity (Wildman–Crippen MR) is 81.1 cm³/mol. The van der Waals surface area contributed by atoms with Crippen LogP contribution in [0.4, 0.5) is 4.79 Å². The first-order valence-electron chi connectivity index (χ1n) is 7.40. The van der Waals surface area contributed by atoms with E-state index in [0.29, 0.717) is 19.1 Å². The van der Waals surface area contributed by atoms with Gasteiger partial charge in [-0.25, -0.2) is 4.79 Å². The highest BCUT2D eigenvalue weighted by molar-refractivity contribution is 5.69. The van der Waals surface area contributed by atoms with Crippen LogP contribution in [0, 0.1) is 6.92 Å². The molecular formula is C15H26N4O2. The lowest BCUT2D eigenvalue weighted by Crippen LogP contribution is -2.60. The Morgan fingerprint density at radius 1 is 1.48 bits per heavy atom. The Hall–Kier alpha value is -1.56. The van der Waals surface area contributed by atoms with Gasteiger partial charge in [0, 0.05) is 43.5 Å². The van der Waals surface area contributed by atoms with Gasteiger partial charge < -0.3 is 15.0 Å². The molecule has 1 aromatic heterocycles. The molecule has 0 aromatic carbocycles. The second kappa shape index (κ2) is 5.67. The lowest BCUT2D eigenvalue weighted by atomic mass is 10.1. The zero-order valence-electron chi connectivity index (χ0n) is 13.8. The maximum absolute atomic E-state index is 11.9. The Labute approximate surface area is 126 Å². The van der Waals surface area contributed by atoms with E-state index in [1.54, 1.807) is 4.90 Å². The van der Waals surface area contributed by atoms with E-state index in [-0.39, 0.29) is 12.1 Å². The van der Waals surface area contributed by atoms with Crippen molar-refractivity contribution in [3.63, 3.8) is 0 Å². The summed E-state index contributed by atoms with van der Waals surface area (Å²) in [7, 11) is 1.94. The molecule has 1 fully saturated rings. The van der Waals surface area contributed by atoms with Crippen molar-refractivity contribution in [1.82, 2.24) is 20.0 Å². The van der Waals surface area contributed by atoms with E-state index in [1.807, 2.05) is 38.7 Å².